The monoisotopic (exact) mass is 455 g/mol. The van der Waals surface area contributed by atoms with E-state index in [0.29, 0.717) is 18.9 Å². The molecule has 0 radical (unpaired) electrons. The third kappa shape index (κ3) is 5.06. The summed E-state index contributed by atoms with van der Waals surface area (Å²) in [5.74, 6) is -1.14. The highest BCUT2D eigenvalue weighted by atomic mass is 32.2. The van der Waals surface area contributed by atoms with E-state index in [2.05, 4.69) is 14.9 Å². The number of sulfonamides is 1. The fraction of sp³-hybridized carbons (Fsp3) is 0.174. The van der Waals surface area contributed by atoms with E-state index in [9.17, 15) is 17.6 Å². The minimum absolute atomic E-state index is 0.143. The van der Waals surface area contributed by atoms with Crippen molar-refractivity contribution in [3.05, 3.63) is 84.2 Å². The van der Waals surface area contributed by atoms with Gasteiger partial charge in [0.15, 0.2) is 0 Å². The minimum Gasteiger partial charge on any atom is -0.378 e. The van der Waals surface area contributed by atoms with Gasteiger partial charge in [-0.25, -0.2) is 12.8 Å². The van der Waals surface area contributed by atoms with Crippen LogP contribution in [0.3, 0.4) is 0 Å². The lowest BCUT2D eigenvalue weighted by Crippen LogP contribution is -2.36. The molecule has 9 heteroatoms. The van der Waals surface area contributed by atoms with Crippen LogP contribution in [-0.2, 0) is 14.8 Å². The number of amides is 1. The molecule has 0 unspecified atom stereocenters. The molecule has 32 heavy (non-hydrogen) atoms. The van der Waals surface area contributed by atoms with Crippen molar-refractivity contribution in [2.75, 3.05) is 41.2 Å². The lowest BCUT2D eigenvalue weighted by atomic mass is 10.2. The van der Waals surface area contributed by atoms with Crippen LogP contribution >= 0.6 is 0 Å². The van der Waals surface area contributed by atoms with Crippen molar-refractivity contribution < 1.29 is 22.3 Å². The van der Waals surface area contributed by atoms with Gasteiger partial charge in [-0.05, 0) is 48.5 Å². The standard InChI is InChI=1S/C23H22FN3O4S/c24-21-9-1-2-10-22(21)26-32(29,30)20-8-3-5-17(15-20)23(28)25-18-6-4-7-19(16-18)27-11-13-31-14-12-27/h1-10,15-16,26H,11-14H2,(H,25,28). The lowest BCUT2D eigenvalue weighted by molar-refractivity contribution is 0.102. The van der Waals surface area contributed by atoms with Gasteiger partial charge in [-0.15, -0.1) is 0 Å². The third-order valence-electron chi connectivity index (χ3n) is 5.00. The van der Waals surface area contributed by atoms with Crippen LogP contribution in [0.4, 0.5) is 21.5 Å². The number of ether oxygens (including phenoxy) is 1. The molecule has 1 aliphatic heterocycles. The number of hydrogen-bond donors (Lipinski definition) is 2. The summed E-state index contributed by atoms with van der Waals surface area (Å²) in [6.45, 7) is 2.84. The van der Waals surface area contributed by atoms with Gasteiger partial charge >= 0.3 is 0 Å². The molecule has 0 saturated carbocycles. The highest BCUT2D eigenvalue weighted by molar-refractivity contribution is 7.92. The minimum atomic E-state index is -4.07. The van der Waals surface area contributed by atoms with Crippen LogP contribution < -0.4 is 14.9 Å². The zero-order chi connectivity index (χ0) is 22.6. The summed E-state index contributed by atoms with van der Waals surface area (Å²) >= 11 is 0. The van der Waals surface area contributed by atoms with Crippen molar-refractivity contribution in [3.8, 4) is 0 Å². The van der Waals surface area contributed by atoms with Crippen molar-refractivity contribution in [1.29, 1.82) is 0 Å². The molecule has 0 aromatic heterocycles. The third-order valence-corrected chi connectivity index (χ3v) is 6.37. The van der Waals surface area contributed by atoms with Gasteiger partial charge in [0, 0.05) is 30.0 Å². The number of anilines is 3. The normalized spacial score (nSPS) is 14.1. The quantitative estimate of drug-likeness (QED) is 0.592. The second-order valence-electron chi connectivity index (χ2n) is 7.22. The molecule has 0 spiro atoms. The molecule has 1 saturated heterocycles. The van der Waals surface area contributed by atoms with Gasteiger partial charge in [-0.3, -0.25) is 9.52 Å². The first-order valence-electron chi connectivity index (χ1n) is 10.0. The van der Waals surface area contributed by atoms with Crippen LogP contribution in [0.15, 0.2) is 77.7 Å². The maximum absolute atomic E-state index is 13.9. The smallest absolute Gasteiger partial charge is 0.262 e. The summed E-state index contributed by atoms with van der Waals surface area (Å²) in [6, 6.07) is 18.5. The largest absolute Gasteiger partial charge is 0.378 e. The van der Waals surface area contributed by atoms with Crippen LogP contribution in [-0.4, -0.2) is 40.6 Å². The molecule has 1 fully saturated rings. The predicted molar refractivity (Wildman–Crippen MR) is 121 cm³/mol. The predicted octanol–water partition coefficient (Wildman–Crippen LogP) is 3.72. The molecule has 166 valence electrons. The number of nitrogens with zero attached hydrogens (tertiary/aromatic N) is 1. The number of benzene rings is 3. The zero-order valence-corrected chi connectivity index (χ0v) is 17.9. The van der Waals surface area contributed by atoms with E-state index in [1.165, 1.54) is 42.5 Å². The Labute approximate surface area is 185 Å². The summed E-state index contributed by atoms with van der Waals surface area (Å²) in [4.78, 5) is 14.8. The summed E-state index contributed by atoms with van der Waals surface area (Å²) in [6.07, 6.45) is 0. The van der Waals surface area contributed by atoms with Crippen molar-refractivity contribution in [1.82, 2.24) is 0 Å². The van der Waals surface area contributed by atoms with Gasteiger partial charge in [0.2, 0.25) is 0 Å². The molecule has 3 aromatic rings. The molecule has 7 nitrogen and oxygen atoms in total. The van der Waals surface area contributed by atoms with Gasteiger partial charge < -0.3 is 15.0 Å². The number of carbonyl (C=O) groups excluding carboxylic acids is 1. The van der Waals surface area contributed by atoms with E-state index in [4.69, 9.17) is 4.74 Å². The van der Waals surface area contributed by atoms with Crippen molar-refractivity contribution in [2.24, 2.45) is 0 Å². The van der Waals surface area contributed by atoms with E-state index in [1.807, 2.05) is 18.2 Å². The topological polar surface area (TPSA) is 87.7 Å². The summed E-state index contributed by atoms with van der Waals surface area (Å²) in [7, 11) is -4.07. The number of nitrogens with one attached hydrogen (secondary N) is 2. The number of para-hydroxylation sites is 1. The number of rotatable bonds is 6. The number of morpholine rings is 1. The van der Waals surface area contributed by atoms with Gasteiger partial charge in [0.25, 0.3) is 15.9 Å². The molecule has 0 bridgehead atoms. The fourth-order valence-electron chi connectivity index (χ4n) is 3.36. The Balaban J connectivity index is 1.51. The number of halogens is 1. The molecule has 1 amide bonds. The molecule has 1 heterocycles. The van der Waals surface area contributed by atoms with Crippen LogP contribution in [0.5, 0.6) is 0 Å². The first-order chi connectivity index (χ1) is 15.4. The average Bonchev–Trinajstić information content (AvgIpc) is 2.81. The summed E-state index contributed by atoms with van der Waals surface area (Å²) in [5.41, 5.74) is 1.56. The van der Waals surface area contributed by atoms with E-state index in [-0.39, 0.29) is 16.1 Å². The Hall–Kier alpha value is -3.43. The highest BCUT2D eigenvalue weighted by Gasteiger charge is 2.18. The number of hydrogen-bond acceptors (Lipinski definition) is 5. The highest BCUT2D eigenvalue weighted by Crippen LogP contribution is 2.22. The SMILES string of the molecule is O=C(Nc1cccc(N2CCOCC2)c1)c1cccc(S(=O)(=O)Nc2ccccc2F)c1. The lowest BCUT2D eigenvalue weighted by Gasteiger charge is -2.29. The van der Waals surface area contributed by atoms with Gasteiger partial charge in [-0.1, -0.05) is 24.3 Å². The fourth-order valence-corrected chi connectivity index (χ4v) is 4.47. The Morgan fingerprint density at radius 2 is 1.69 bits per heavy atom. The summed E-state index contributed by atoms with van der Waals surface area (Å²) in [5, 5.41) is 2.80. The molecule has 4 rings (SSSR count). The molecular weight excluding hydrogens is 433 g/mol. The maximum Gasteiger partial charge on any atom is 0.262 e. The molecule has 0 aliphatic carbocycles. The van der Waals surface area contributed by atoms with E-state index < -0.39 is 21.7 Å². The van der Waals surface area contributed by atoms with Gasteiger partial charge in [0.1, 0.15) is 5.82 Å². The van der Waals surface area contributed by atoms with Crippen LogP contribution in [0.25, 0.3) is 0 Å². The molecular formula is C23H22FN3O4S. The Morgan fingerprint density at radius 3 is 2.47 bits per heavy atom. The van der Waals surface area contributed by atoms with E-state index >= 15 is 0 Å². The average molecular weight is 456 g/mol. The Bertz CT molecular complexity index is 1230. The first kappa shape index (κ1) is 21.8. The molecule has 3 aromatic carbocycles. The van der Waals surface area contributed by atoms with Gasteiger partial charge in [0.05, 0.1) is 23.8 Å². The maximum atomic E-state index is 13.9. The van der Waals surface area contributed by atoms with Crippen LogP contribution in [0, 0.1) is 5.82 Å². The van der Waals surface area contributed by atoms with E-state index in [0.717, 1.165) is 24.8 Å². The second kappa shape index (κ2) is 9.37. The van der Waals surface area contributed by atoms with E-state index in [1.54, 1.807) is 6.07 Å². The van der Waals surface area contributed by atoms with Crippen molar-refractivity contribution in [3.63, 3.8) is 0 Å². The molecule has 1 aliphatic rings. The Morgan fingerprint density at radius 1 is 0.938 bits per heavy atom. The zero-order valence-electron chi connectivity index (χ0n) is 17.1. The van der Waals surface area contributed by atoms with Crippen molar-refractivity contribution >= 4 is 33.0 Å². The van der Waals surface area contributed by atoms with Crippen LogP contribution in [0.1, 0.15) is 10.4 Å². The number of carbonyl (C=O) groups is 1. The van der Waals surface area contributed by atoms with Gasteiger partial charge in [-0.2, -0.15) is 0 Å². The molecule has 2 N–H and O–H groups in total. The van der Waals surface area contributed by atoms with Crippen LogP contribution in [0.2, 0.25) is 0 Å². The summed E-state index contributed by atoms with van der Waals surface area (Å²) < 4.78 is 46.8. The van der Waals surface area contributed by atoms with Crippen molar-refractivity contribution in [2.45, 2.75) is 4.90 Å². The molecule has 0 atom stereocenters. The Kier molecular flexibility index (Phi) is 6.38. The second-order valence-corrected chi connectivity index (χ2v) is 8.90. The first-order valence-corrected chi connectivity index (χ1v) is 11.5.